The van der Waals surface area contributed by atoms with Crippen LogP contribution in [0.25, 0.3) is 0 Å². The molecule has 0 radical (unpaired) electrons. The summed E-state index contributed by atoms with van der Waals surface area (Å²) in [5.74, 6) is 2.41. The van der Waals surface area contributed by atoms with Gasteiger partial charge in [0.15, 0.2) is 0 Å². The van der Waals surface area contributed by atoms with Crippen molar-refractivity contribution >= 4 is 0 Å². The van der Waals surface area contributed by atoms with Gasteiger partial charge in [0.2, 0.25) is 0 Å². The summed E-state index contributed by atoms with van der Waals surface area (Å²) in [6, 6.07) is -0.138. The van der Waals surface area contributed by atoms with Crippen LogP contribution < -0.4 is 4.74 Å². The lowest BCUT2D eigenvalue weighted by Crippen LogP contribution is -2.37. The summed E-state index contributed by atoms with van der Waals surface area (Å²) in [5, 5.41) is 10.4. The Morgan fingerprint density at radius 3 is 2.27 bits per heavy atom. The van der Waals surface area contributed by atoms with E-state index in [0.29, 0.717) is 29.2 Å². The Kier molecular flexibility index (Phi) is 7.44. The van der Waals surface area contributed by atoms with Crippen molar-refractivity contribution in [1.82, 2.24) is 0 Å². The Hall–Kier alpha value is -1.18. The van der Waals surface area contributed by atoms with E-state index in [2.05, 4.69) is 34.6 Å². The molecule has 0 saturated carbocycles. The Balaban J connectivity index is 1.86. The highest BCUT2D eigenvalue weighted by Gasteiger charge is 2.33. The quantitative estimate of drug-likeness (QED) is 0.367. The summed E-state index contributed by atoms with van der Waals surface area (Å²) in [6.45, 7) is 10.7. The predicted molar refractivity (Wildman–Crippen MR) is 130 cm³/mol. The molecule has 0 saturated heterocycles. The topological polar surface area (TPSA) is 29.5 Å². The minimum atomic E-state index is -2.46. The minimum Gasteiger partial charge on any atom is -0.508 e. The molecule has 2 heteroatoms. The fourth-order valence-corrected chi connectivity index (χ4v) is 4.82. The summed E-state index contributed by atoms with van der Waals surface area (Å²) in [5.41, 5.74) is 0.617. The molecule has 0 aliphatic carbocycles. The highest BCUT2D eigenvalue weighted by Crippen LogP contribution is 2.42. The molecule has 172 valence electrons. The van der Waals surface area contributed by atoms with Crippen molar-refractivity contribution in [1.29, 1.82) is 0 Å². The molecular formula is C28H48O2. The highest BCUT2D eigenvalue weighted by molar-refractivity contribution is 5.53. The molecule has 0 fully saturated rings. The zero-order chi connectivity index (χ0) is 25.7. The number of benzene rings is 1. The number of fused-ring (bicyclic) bond motifs is 1. The molecule has 1 aliphatic heterocycles. The van der Waals surface area contributed by atoms with Crippen molar-refractivity contribution in [3.63, 3.8) is 0 Å². The van der Waals surface area contributed by atoms with Crippen LogP contribution in [-0.2, 0) is 6.42 Å². The third-order valence-corrected chi connectivity index (χ3v) is 6.99. The number of phenols is 1. The largest absolute Gasteiger partial charge is 0.508 e. The van der Waals surface area contributed by atoms with Gasteiger partial charge in [-0.2, -0.15) is 0 Å². The molecular weight excluding hydrogens is 368 g/mol. The smallest absolute Gasteiger partial charge is 0.126 e. The first-order chi connectivity index (χ1) is 15.7. The van der Waals surface area contributed by atoms with Crippen LogP contribution in [0.4, 0.5) is 0 Å². The van der Waals surface area contributed by atoms with Gasteiger partial charge in [0, 0.05) is 9.68 Å². The summed E-state index contributed by atoms with van der Waals surface area (Å²) < 4.78 is 38.1. The average Bonchev–Trinajstić information content (AvgIpc) is 2.71. The van der Waals surface area contributed by atoms with E-state index in [1.165, 1.54) is 44.9 Å². The molecule has 0 unspecified atom stereocenters. The molecule has 3 atom stereocenters. The molecule has 0 bridgehead atoms. The maximum atomic E-state index is 10.4. The van der Waals surface area contributed by atoms with Crippen LogP contribution in [0.2, 0.25) is 0 Å². The molecule has 2 nitrogen and oxygen atoms in total. The first-order valence-corrected chi connectivity index (χ1v) is 12.3. The molecule has 1 N–H and O–H groups in total. The second-order valence-corrected chi connectivity index (χ2v) is 10.7. The fourth-order valence-electron chi connectivity index (χ4n) is 4.82. The van der Waals surface area contributed by atoms with Gasteiger partial charge in [-0.3, -0.25) is 0 Å². The Bertz CT molecular complexity index is 803. The van der Waals surface area contributed by atoms with Gasteiger partial charge in [0.1, 0.15) is 17.1 Å². The van der Waals surface area contributed by atoms with Crippen molar-refractivity contribution in [2.24, 2.45) is 17.8 Å². The van der Waals surface area contributed by atoms with Crippen molar-refractivity contribution in [3.05, 3.63) is 22.7 Å². The summed E-state index contributed by atoms with van der Waals surface area (Å²) >= 11 is 0. The first-order valence-electron chi connectivity index (χ1n) is 14.3. The number of rotatable bonds is 12. The van der Waals surface area contributed by atoms with E-state index in [4.69, 9.17) is 10.2 Å². The lowest BCUT2D eigenvalue weighted by molar-refractivity contribution is 0.0512. The van der Waals surface area contributed by atoms with Crippen LogP contribution in [0, 0.1) is 31.5 Å². The number of hydrogen-bond acceptors (Lipinski definition) is 2. The first kappa shape index (κ1) is 19.5. The van der Waals surface area contributed by atoms with E-state index < -0.39 is 12.6 Å². The van der Waals surface area contributed by atoms with Crippen LogP contribution in [0.15, 0.2) is 6.04 Å². The van der Waals surface area contributed by atoms with Crippen molar-refractivity contribution in [2.75, 3.05) is 0 Å². The van der Waals surface area contributed by atoms with E-state index in [-0.39, 0.29) is 17.2 Å². The van der Waals surface area contributed by atoms with Crippen LogP contribution in [0.1, 0.15) is 121 Å². The highest BCUT2D eigenvalue weighted by atomic mass is 16.5. The SMILES string of the molecule is [2H]c1c(C)c2c(c(C([2H])([2H])[2H])c1O)CC[C@@](C)(CCC[C@H](C)CCC[C@H](C)CCCC(C)C)O2. The number of aromatic hydroxyl groups is 1. The van der Waals surface area contributed by atoms with E-state index in [0.717, 1.165) is 31.1 Å². The second kappa shape index (κ2) is 11.4. The number of ether oxygens (including phenoxy) is 1. The minimum absolute atomic E-state index is 0.104. The summed E-state index contributed by atoms with van der Waals surface area (Å²) in [6.07, 6.45) is 12.4. The van der Waals surface area contributed by atoms with E-state index in [9.17, 15) is 5.11 Å². The molecule has 0 spiro atoms. The molecule has 0 aromatic heterocycles. The summed E-state index contributed by atoms with van der Waals surface area (Å²) in [7, 11) is 0. The number of phenolic OH excluding ortho intramolecular Hbond substituents is 1. The maximum Gasteiger partial charge on any atom is 0.126 e. The molecule has 1 aromatic carbocycles. The zero-order valence-corrected chi connectivity index (χ0v) is 20.4. The molecule has 1 aromatic rings. The van der Waals surface area contributed by atoms with E-state index >= 15 is 0 Å². The maximum absolute atomic E-state index is 10.4. The lowest BCUT2D eigenvalue weighted by Gasteiger charge is -2.37. The third-order valence-electron chi connectivity index (χ3n) is 6.99. The van der Waals surface area contributed by atoms with Crippen LogP contribution in [-0.4, -0.2) is 10.7 Å². The van der Waals surface area contributed by atoms with Gasteiger partial charge in [0.25, 0.3) is 0 Å². The van der Waals surface area contributed by atoms with E-state index in [1.54, 1.807) is 6.92 Å². The standard InChI is InChI=1S/C28H48O2/c1-20(2)11-8-12-21(3)13-9-14-22(4)15-10-17-28(7)18-16-25-24(6)26(29)19-23(5)27(25)30-28/h19-22,29H,8-18H2,1-7H3/t21-,22-,28-/m1/s1/i6D3,19D. The molecule has 30 heavy (non-hydrogen) atoms. The zero-order valence-electron chi connectivity index (χ0n) is 24.4. The van der Waals surface area contributed by atoms with Gasteiger partial charge >= 0.3 is 0 Å². The molecule has 1 heterocycles. The van der Waals surface area contributed by atoms with Gasteiger partial charge in [-0.1, -0.05) is 72.6 Å². The Morgan fingerprint density at radius 1 is 1.07 bits per heavy atom. The fraction of sp³-hybridized carbons (Fsp3) is 0.786. The van der Waals surface area contributed by atoms with Gasteiger partial charge < -0.3 is 9.84 Å². The van der Waals surface area contributed by atoms with Gasteiger partial charge in [0.05, 0.1) is 1.37 Å². The third kappa shape index (κ3) is 7.50. The van der Waals surface area contributed by atoms with Crippen LogP contribution in [0.5, 0.6) is 11.5 Å². The van der Waals surface area contributed by atoms with Gasteiger partial charge in [-0.15, -0.1) is 0 Å². The monoisotopic (exact) mass is 420 g/mol. The van der Waals surface area contributed by atoms with E-state index in [1.807, 2.05) is 0 Å². The second-order valence-electron chi connectivity index (χ2n) is 10.7. The normalized spacial score (nSPS) is 23.0. The van der Waals surface area contributed by atoms with Crippen molar-refractivity contribution < 1.29 is 15.3 Å². The Morgan fingerprint density at radius 2 is 1.67 bits per heavy atom. The van der Waals surface area contributed by atoms with Crippen molar-refractivity contribution in [2.45, 2.75) is 125 Å². The molecule has 2 rings (SSSR count). The van der Waals surface area contributed by atoms with Crippen molar-refractivity contribution in [3.8, 4) is 11.5 Å². The number of hydrogen-bond donors (Lipinski definition) is 1. The van der Waals surface area contributed by atoms with Crippen LogP contribution >= 0.6 is 0 Å². The molecule has 0 amide bonds. The Labute approximate surface area is 192 Å². The summed E-state index contributed by atoms with van der Waals surface area (Å²) in [4.78, 5) is 0. The lowest BCUT2D eigenvalue weighted by atomic mass is 9.84. The predicted octanol–water partition coefficient (Wildman–Crippen LogP) is 8.53. The molecule has 1 aliphatic rings. The van der Waals surface area contributed by atoms with Gasteiger partial charge in [-0.05, 0) is 81.3 Å². The van der Waals surface area contributed by atoms with Gasteiger partial charge in [-0.25, -0.2) is 0 Å². The van der Waals surface area contributed by atoms with Crippen LogP contribution in [0.3, 0.4) is 0 Å². The average molecular weight is 421 g/mol.